The van der Waals surface area contributed by atoms with Gasteiger partial charge in [0, 0.05) is 23.5 Å². The van der Waals surface area contributed by atoms with Gasteiger partial charge in [0.05, 0.1) is 0 Å². The molecule has 2 rings (SSSR count). The molecule has 0 bridgehead atoms. The smallest absolute Gasteiger partial charge is 0.676 e. The van der Waals surface area contributed by atoms with Gasteiger partial charge in [-0.2, -0.15) is 0 Å². The first kappa shape index (κ1) is 22.8. The zero-order valence-corrected chi connectivity index (χ0v) is 15.1. The van der Waals surface area contributed by atoms with Crippen LogP contribution in [0.1, 0.15) is 0 Å². The molecule has 0 saturated heterocycles. The molecule has 0 heterocycles. The number of carbonyl (C=O) groups is 2. The van der Waals surface area contributed by atoms with Crippen LogP contribution in [0.3, 0.4) is 0 Å². The number of hydrogen-bond donors (Lipinski definition) is 2. The fourth-order valence-corrected chi connectivity index (χ4v) is 1.71. The molecule has 1 radical (unpaired) electrons. The number of carbonyl (C=O) groups excluding carboxylic acids is 2. The van der Waals surface area contributed by atoms with Crippen molar-refractivity contribution in [2.24, 2.45) is 0 Å². The summed E-state index contributed by atoms with van der Waals surface area (Å²) in [7, 11) is 0. The Bertz CT molecular complexity index is 563. The third-order valence-electron chi connectivity index (χ3n) is 2.89. The largest absolute Gasteiger partial charge is 3.00 e. The standard InChI is InChI=1S/2C9H11N2O.Cr/c2*10-5-6-11-7-8-3-1-2-4-9(8)12;/h2*1-4,7,10-11H,5-6H2;/q2*-1;+3. The molecule has 0 fully saturated rings. The van der Waals surface area contributed by atoms with Gasteiger partial charge in [0.1, 0.15) is 0 Å². The molecule has 0 saturated carbocycles. The molecule has 0 unspecified atom stereocenters. The van der Waals surface area contributed by atoms with Crippen LogP contribution in [0.5, 0.6) is 0 Å². The normalized spacial score (nSPS) is 18.0. The van der Waals surface area contributed by atoms with Crippen LogP contribution in [0.25, 0.3) is 11.5 Å². The summed E-state index contributed by atoms with van der Waals surface area (Å²) in [6, 6.07) is 0. The average Bonchev–Trinajstić information content (AvgIpc) is 2.59. The molecule has 2 aliphatic rings. The van der Waals surface area contributed by atoms with Crippen molar-refractivity contribution in [3.05, 3.63) is 83.6 Å². The van der Waals surface area contributed by atoms with Crippen molar-refractivity contribution in [1.82, 2.24) is 10.6 Å². The summed E-state index contributed by atoms with van der Waals surface area (Å²) >= 11 is 0. The number of ketones is 2. The third kappa shape index (κ3) is 9.65. The minimum atomic E-state index is 0. The van der Waals surface area contributed by atoms with Crippen LogP contribution in [0.4, 0.5) is 0 Å². The Balaban J connectivity index is 0.000000443. The Morgan fingerprint density at radius 3 is 1.40 bits per heavy atom. The van der Waals surface area contributed by atoms with E-state index in [-0.39, 0.29) is 28.9 Å². The predicted molar refractivity (Wildman–Crippen MR) is 97.1 cm³/mol. The Labute approximate surface area is 159 Å². The van der Waals surface area contributed by atoms with Crippen molar-refractivity contribution in [2.45, 2.75) is 0 Å². The van der Waals surface area contributed by atoms with Gasteiger partial charge in [-0.3, -0.25) is 9.59 Å². The van der Waals surface area contributed by atoms with Gasteiger partial charge in [-0.15, -0.1) is 13.1 Å². The molecule has 25 heavy (non-hydrogen) atoms. The summed E-state index contributed by atoms with van der Waals surface area (Å²) in [5.41, 5.74) is 15.0. The van der Waals surface area contributed by atoms with Crippen LogP contribution in [-0.2, 0) is 27.0 Å². The summed E-state index contributed by atoms with van der Waals surface area (Å²) in [5.74, 6) is 0.0185. The maximum Gasteiger partial charge on any atom is 3.00 e. The molecular formula is C18H22CrN4O2+. The van der Waals surface area contributed by atoms with E-state index in [1.165, 1.54) is 12.2 Å². The zero-order chi connectivity index (χ0) is 17.6. The summed E-state index contributed by atoms with van der Waals surface area (Å²) in [4.78, 5) is 22.2. The minimum absolute atomic E-state index is 0. The van der Waals surface area contributed by atoms with Crippen molar-refractivity contribution < 1.29 is 27.0 Å². The molecule has 0 amide bonds. The van der Waals surface area contributed by atoms with E-state index >= 15 is 0 Å². The predicted octanol–water partition coefficient (Wildman–Crippen LogP) is 2.41. The maximum atomic E-state index is 11.1. The van der Waals surface area contributed by atoms with Crippen LogP contribution in [0.15, 0.2) is 72.2 Å². The Morgan fingerprint density at radius 1 is 0.720 bits per heavy atom. The van der Waals surface area contributed by atoms with Gasteiger partial charge < -0.3 is 22.1 Å². The van der Waals surface area contributed by atoms with E-state index < -0.39 is 0 Å². The number of hydrogen-bond acceptors (Lipinski definition) is 4. The summed E-state index contributed by atoms with van der Waals surface area (Å²) < 4.78 is 0. The summed E-state index contributed by atoms with van der Waals surface area (Å²) in [6.45, 7) is 1.79. The third-order valence-corrected chi connectivity index (χ3v) is 2.89. The SMILES string of the molecule is [Cr+3].[NH-]CCNC=C1C=CC=CC1=O.[NH-]CCNC=C1C=CC=CC1=O. The van der Waals surface area contributed by atoms with Crippen molar-refractivity contribution in [3.63, 3.8) is 0 Å². The molecule has 7 heteroatoms. The fourth-order valence-electron chi connectivity index (χ4n) is 1.71. The number of rotatable bonds is 6. The van der Waals surface area contributed by atoms with Crippen molar-refractivity contribution in [2.75, 3.05) is 26.2 Å². The van der Waals surface area contributed by atoms with Crippen molar-refractivity contribution >= 4 is 11.6 Å². The van der Waals surface area contributed by atoms with Crippen molar-refractivity contribution in [3.8, 4) is 0 Å². The van der Waals surface area contributed by atoms with Gasteiger partial charge in [0.2, 0.25) is 0 Å². The van der Waals surface area contributed by atoms with E-state index in [1.807, 2.05) is 12.2 Å². The molecule has 0 aliphatic heterocycles. The van der Waals surface area contributed by atoms with Gasteiger partial charge in [0.15, 0.2) is 11.6 Å². The molecule has 0 atom stereocenters. The zero-order valence-electron chi connectivity index (χ0n) is 13.8. The molecule has 0 spiro atoms. The molecule has 6 nitrogen and oxygen atoms in total. The van der Waals surface area contributed by atoms with E-state index in [2.05, 4.69) is 10.6 Å². The van der Waals surface area contributed by atoms with E-state index in [0.29, 0.717) is 37.3 Å². The van der Waals surface area contributed by atoms with Crippen LogP contribution in [0, 0.1) is 0 Å². The molecule has 2 aliphatic carbocycles. The quantitative estimate of drug-likeness (QED) is 0.547. The molecule has 0 aromatic rings. The van der Waals surface area contributed by atoms with E-state index in [4.69, 9.17) is 11.5 Å². The number of nitrogens with one attached hydrogen (secondary N) is 4. The maximum absolute atomic E-state index is 11.1. The first-order valence-corrected chi connectivity index (χ1v) is 7.63. The van der Waals surface area contributed by atoms with Gasteiger partial charge in [-0.25, -0.2) is 0 Å². The number of allylic oxidation sites excluding steroid dienone is 10. The average molecular weight is 378 g/mol. The second-order valence-electron chi connectivity index (χ2n) is 4.77. The van der Waals surface area contributed by atoms with E-state index in [1.54, 1.807) is 36.7 Å². The second-order valence-corrected chi connectivity index (χ2v) is 4.77. The first-order chi connectivity index (χ1) is 11.7. The minimum Gasteiger partial charge on any atom is -0.676 e. The molecule has 4 N–H and O–H groups in total. The van der Waals surface area contributed by atoms with Crippen molar-refractivity contribution in [1.29, 1.82) is 0 Å². The van der Waals surface area contributed by atoms with E-state index in [9.17, 15) is 9.59 Å². The van der Waals surface area contributed by atoms with Gasteiger partial charge in [0.25, 0.3) is 0 Å². The summed E-state index contributed by atoms with van der Waals surface area (Å²) in [5, 5.41) is 5.76. The van der Waals surface area contributed by atoms with Gasteiger partial charge >= 0.3 is 17.4 Å². The molecule has 131 valence electrons. The Morgan fingerprint density at radius 2 is 1.08 bits per heavy atom. The molecule has 0 aromatic heterocycles. The second kappa shape index (κ2) is 14.2. The first-order valence-electron chi connectivity index (χ1n) is 7.63. The van der Waals surface area contributed by atoms with Crippen LogP contribution >= 0.6 is 0 Å². The Hall–Kier alpha value is -2.17. The van der Waals surface area contributed by atoms with Gasteiger partial charge in [-0.05, 0) is 37.4 Å². The van der Waals surface area contributed by atoms with Gasteiger partial charge in [-0.1, -0.05) is 24.3 Å². The fraction of sp³-hybridized carbons (Fsp3) is 0.222. The molecule has 0 aromatic carbocycles. The van der Waals surface area contributed by atoms with Crippen LogP contribution < -0.4 is 10.6 Å². The van der Waals surface area contributed by atoms with Crippen LogP contribution in [0.2, 0.25) is 0 Å². The Kier molecular flexibility index (Phi) is 13.0. The van der Waals surface area contributed by atoms with Crippen LogP contribution in [-0.4, -0.2) is 37.7 Å². The monoisotopic (exact) mass is 378 g/mol. The van der Waals surface area contributed by atoms with E-state index in [0.717, 1.165) is 0 Å². The molecular weight excluding hydrogens is 356 g/mol. The topological polar surface area (TPSA) is 106 Å². The summed E-state index contributed by atoms with van der Waals surface area (Å²) in [6.07, 6.45) is 16.9.